The molecule has 0 aliphatic carbocycles. The highest BCUT2D eigenvalue weighted by Gasteiger charge is 2.33. The smallest absolute Gasteiger partial charge is 0.153 e. The van der Waals surface area contributed by atoms with Crippen molar-refractivity contribution in [2.45, 2.75) is 12.5 Å². The molecule has 7 nitrogen and oxygen atoms in total. The fraction of sp³-hybridized carbons (Fsp3) is 0.143. The van der Waals surface area contributed by atoms with Gasteiger partial charge in [-0.15, -0.1) is 0 Å². The van der Waals surface area contributed by atoms with Gasteiger partial charge in [0.05, 0.1) is 23.1 Å². The van der Waals surface area contributed by atoms with Crippen molar-refractivity contribution < 1.29 is 9.50 Å². The number of fused-ring (bicyclic) bond motifs is 2. The second-order valence-electron chi connectivity index (χ2n) is 6.74. The van der Waals surface area contributed by atoms with Crippen LogP contribution in [0.3, 0.4) is 0 Å². The van der Waals surface area contributed by atoms with Crippen LogP contribution < -0.4 is 5.73 Å². The van der Waals surface area contributed by atoms with Gasteiger partial charge in [-0.25, -0.2) is 13.9 Å². The maximum atomic E-state index is 14.9. The number of allylic oxidation sites excluding steroid dienone is 1. The van der Waals surface area contributed by atoms with Crippen molar-refractivity contribution in [1.82, 2.24) is 19.6 Å². The summed E-state index contributed by atoms with van der Waals surface area (Å²) in [6.07, 6.45) is 6.06. The van der Waals surface area contributed by atoms with E-state index >= 15 is 0 Å². The third-order valence-corrected chi connectivity index (χ3v) is 4.82. The van der Waals surface area contributed by atoms with Gasteiger partial charge in [-0.3, -0.25) is 9.98 Å². The molecule has 29 heavy (non-hydrogen) atoms. The van der Waals surface area contributed by atoms with E-state index in [1.165, 1.54) is 29.9 Å². The lowest BCUT2D eigenvalue weighted by atomic mass is 9.91. The zero-order valence-corrected chi connectivity index (χ0v) is 15.9. The summed E-state index contributed by atoms with van der Waals surface area (Å²) in [6, 6.07) is 9.98. The molecule has 4 aromatic rings. The molecule has 0 aliphatic rings. The van der Waals surface area contributed by atoms with E-state index in [1.54, 1.807) is 43.7 Å². The van der Waals surface area contributed by atoms with Crippen LogP contribution in [0.4, 0.5) is 4.39 Å². The molecule has 3 aromatic heterocycles. The first kappa shape index (κ1) is 18.7. The van der Waals surface area contributed by atoms with Crippen LogP contribution >= 0.6 is 0 Å². The number of pyridine rings is 1. The van der Waals surface area contributed by atoms with Gasteiger partial charge < -0.3 is 10.8 Å². The Kier molecular flexibility index (Phi) is 4.56. The molecule has 0 fully saturated rings. The lowest BCUT2D eigenvalue weighted by molar-refractivity contribution is 0.0913. The maximum Gasteiger partial charge on any atom is 0.153 e. The molecule has 1 unspecified atom stereocenters. The van der Waals surface area contributed by atoms with E-state index in [4.69, 9.17) is 5.73 Å². The fourth-order valence-corrected chi connectivity index (χ4v) is 3.30. The number of aromatic nitrogens is 4. The van der Waals surface area contributed by atoms with Crippen LogP contribution in [-0.2, 0) is 5.60 Å². The molecular weight excluding hydrogens is 371 g/mol. The molecule has 0 saturated carbocycles. The molecule has 1 aromatic carbocycles. The lowest BCUT2D eigenvalue weighted by Crippen LogP contribution is -2.27. The molecule has 1 atom stereocenters. The van der Waals surface area contributed by atoms with Crippen molar-refractivity contribution in [1.29, 1.82) is 0 Å². The molecule has 0 aliphatic heterocycles. The van der Waals surface area contributed by atoms with Crippen LogP contribution in [0.2, 0.25) is 0 Å². The summed E-state index contributed by atoms with van der Waals surface area (Å²) in [5.74, 6) is -0.562. The lowest BCUT2D eigenvalue weighted by Gasteiger charge is -2.24. The SMILES string of the molecule is CN=CC(=CN)c1ccc2ncc(C(C)(O)c3cc4cccnc4cc3F)n2n1. The summed E-state index contributed by atoms with van der Waals surface area (Å²) in [4.78, 5) is 12.4. The van der Waals surface area contributed by atoms with Gasteiger partial charge in [0.1, 0.15) is 11.4 Å². The fourth-order valence-electron chi connectivity index (χ4n) is 3.30. The Bertz CT molecular complexity index is 1270. The Morgan fingerprint density at radius 2 is 2.10 bits per heavy atom. The summed E-state index contributed by atoms with van der Waals surface area (Å²) < 4.78 is 16.4. The summed E-state index contributed by atoms with van der Waals surface area (Å²) >= 11 is 0. The molecular formula is C21H19FN6O. The minimum absolute atomic E-state index is 0.108. The Balaban J connectivity index is 1.90. The van der Waals surface area contributed by atoms with E-state index in [0.29, 0.717) is 28.1 Å². The maximum absolute atomic E-state index is 14.9. The Hall–Kier alpha value is -3.65. The summed E-state index contributed by atoms with van der Waals surface area (Å²) in [5.41, 5.74) is 6.59. The number of rotatable bonds is 4. The first-order valence-electron chi connectivity index (χ1n) is 8.92. The number of aliphatic imine (C=N–C) groups is 1. The van der Waals surface area contributed by atoms with Crippen LogP contribution in [-0.4, -0.2) is 38.0 Å². The van der Waals surface area contributed by atoms with Gasteiger partial charge in [0.15, 0.2) is 5.65 Å². The Morgan fingerprint density at radius 3 is 2.86 bits per heavy atom. The minimum Gasteiger partial charge on any atom is -0.404 e. The second kappa shape index (κ2) is 7.06. The quantitative estimate of drug-likeness (QED) is 0.522. The Labute approximate surface area is 166 Å². The van der Waals surface area contributed by atoms with Gasteiger partial charge >= 0.3 is 0 Å². The number of nitrogens with two attached hydrogens (primary N) is 1. The van der Waals surface area contributed by atoms with Gasteiger partial charge in [0.25, 0.3) is 0 Å². The van der Waals surface area contributed by atoms with Crippen molar-refractivity contribution >= 4 is 28.3 Å². The van der Waals surface area contributed by atoms with Gasteiger partial charge in [0, 0.05) is 48.2 Å². The number of imidazole rings is 1. The summed E-state index contributed by atoms with van der Waals surface area (Å²) in [6.45, 7) is 1.51. The van der Waals surface area contributed by atoms with E-state index in [1.807, 2.05) is 6.07 Å². The molecule has 0 saturated heterocycles. The van der Waals surface area contributed by atoms with Gasteiger partial charge in [-0.1, -0.05) is 6.07 Å². The first-order chi connectivity index (χ1) is 14.0. The molecule has 0 amide bonds. The number of nitrogens with zero attached hydrogens (tertiary/aromatic N) is 5. The number of benzene rings is 1. The number of hydrogen-bond acceptors (Lipinski definition) is 6. The van der Waals surface area contributed by atoms with Gasteiger partial charge in [-0.2, -0.15) is 5.10 Å². The number of aliphatic hydroxyl groups is 1. The molecule has 0 bridgehead atoms. The Morgan fingerprint density at radius 1 is 1.28 bits per heavy atom. The van der Waals surface area contributed by atoms with E-state index < -0.39 is 11.4 Å². The zero-order valence-electron chi connectivity index (χ0n) is 15.9. The normalized spacial score (nSPS) is 14.7. The van der Waals surface area contributed by atoms with Gasteiger partial charge in [0.2, 0.25) is 0 Å². The average molecular weight is 390 g/mol. The van der Waals surface area contributed by atoms with Crippen LogP contribution in [0, 0.1) is 5.82 Å². The molecule has 0 spiro atoms. The highest BCUT2D eigenvalue weighted by molar-refractivity contribution is 6.08. The van der Waals surface area contributed by atoms with Crippen molar-refractivity contribution in [3.8, 4) is 0 Å². The van der Waals surface area contributed by atoms with E-state index in [9.17, 15) is 9.50 Å². The van der Waals surface area contributed by atoms with Crippen LogP contribution in [0.25, 0.3) is 22.1 Å². The average Bonchev–Trinajstić information content (AvgIpc) is 3.15. The topological polar surface area (TPSA) is 102 Å². The van der Waals surface area contributed by atoms with Gasteiger partial charge in [-0.05, 0) is 31.2 Å². The van der Waals surface area contributed by atoms with E-state index in [0.717, 1.165) is 5.39 Å². The predicted molar refractivity (Wildman–Crippen MR) is 110 cm³/mol. The first-order valence-corrected chi connectivity index (χ1v) is 8.92. The molecule has 8 heteroatoms. The second-order valence-corrected chi connectivity index (χ2v) is 6.74. The monoisotopic (exact) mass is 390 g/mol. The third kappa shape index (κ3) is 3.13. The molecule has 4 rings (SSSR count). The van der Waals surface area contributed by atoms with Crippen molar-refractivity contribution in [3.63, 3.8) is 0 Å². The van der Waals surface area contributed by atoms with Crippen molar-refractivity contribution in [2.75, 3.05) is 7.05 Å². The van der Waals surface area contributed by atoms with E-state index in [-0.39, 0.29) is 5.56 Å². The largest absolute Gasteiger partial charge is 0.404 e. The molecule has 3 heterocycles. The molecule has 3 N–H and O–H groups in total. The predicted octanol–water partition coefficient (Wildman–Crippen LogP) is 2.67. The van der Waals surface area contributed by atoms with Crippen molar-refractivity contribution in [2.24, 2.45) is 10.7 Å². The number of hydrogen-bond donors (Lipinski definition) is 2. The van der Waals surface area contributed by atoms with E-state index in [2.05, 4.69) is 20.1 Å². The molecule has 146 valence electrons. The van der Waals surface area contributed by atoms with Crippen LogP contribution in [0.1, 0.15) is 23.9 Å². The zero-order chi connectivity index (χ0) is 20.6. The highest BCUT2D eigenvalue weighted by atomic mass is 19.1. The molecule has 0 radical (unpaired) electrons. The highest BCUT2D eigenvalue weighted by Crippen LogP contribution is 2.33. The summed E-state index contributed by atoms with van der Waals surface area (Å²) in [7, 11) is 1.63. The minimum atomic E-state index is -1.69. The van der Waals surface area contributed by atoms with Crippen LogP contribution in [0.5, 0.6) is 0 Å². The standard InChI is InChI=1S/C21H19FN6O/c1-21(29,15-8-13-4-3-7-25-18(13)9-16(15)22)19-12-26-20-6-5-17(27-28(19)20)14(10-23)11-24-2/h3-12,29H,23H2,1-2H3. The van der Waals surface area contributed by atoms with Crippen molar-refractivity contribution in [3.05, 3.63) is 77.8 Å². The summed E-state index contributed by atoms with van der Waals surface area (Å²) in [5, 5.41) is 16.6. The number of halogens is 1. The van der Waals surface area contributed by atoms with Crippen LogP contribution in [0.15, 0.2) is 60.0 Å². The third-order valence-electron chi connectivity index (χ3n) is 4.82.